The van der Waals surface area contributed by atoms with Gasteiger partial charge in [-0.1, -0.05) is 24.8 Å². The van der Waals surface area contributed by atoms with Crippen molar-refractivity contribution < 1.29 is 9.84 Å². The van der Waals surface area contributed by atoms with Crippen LogP contribution in [0, 0.1) is 0 Å². The van der Waals surface area contributed by atoms with Crippen LogP contribution >= 0.6 is 0 Å². The second-order valence-electron chi connectivity index (χ2n) is 5.80. The van der Waals surface area contributed by atoms with E-state index in [-0.39, 0.29) is 12.7 Å². The monoisotopic (exact) mass is 320 g/mol. The molecule has 1 aliphatic rings. The molecule has 0 saturated heterocycles. The number of rotatable bonds is 2. The largest absolute Gasteiger partial charge is 0.485 e. The Morgan fingerprint density at radius 3 is 2.42 bits per heavy atom. The number of benzene rings is 2. The van der Waals surface area contributed by atoms with Crippen LogP contribution < -0.4 is 4.74 Å². The molecular formula is C20H20N2O2. The number of aromatic nitrogens is 2. The first-order valence-corrected chi connectivity index (χ1v) is 7.88. The molecule has 0 saturated carbocycles. The summed E-state index contributed by atoms with van der Waals surface area (Å²) in [4.78, 5) is 8.24. The molecule has 1 aliphatic heterocycles. The lowest BCUT2D eigenvalue weighted by atomic mass is 10.0. The molecule has 4 rings (SSSR count). The van der Waals surface area contributed by atoms with Crippen molar-refractivity contribution >= 4 is 11.0 Å². The van der Waals surface area contributed by atoms with E-state index in [0.717, 1.165) is 34.3 Å². The van der Waals surface area contributed by atoms with Gasteiger partial charge in [0.1, 0.15) is 11.9 Å². The van der Waals surface area contributed by atoms with Gasteiger partial charge in [-0.05, 0) is 47.9 Å². The van der Waals surface area contributed by atoms with Crippen molar-refractivity contribution in [2.45, 2.75) is 26.1 Å². The lowest BCUT2D eigenvalue weighted by molar-refractivity contribution is 0.270. The summed E-state index contributed by atoms with van der Waals surface area (Å²) >= 11 is 0. The van der Waals surface area contributed by atoms with Gasteiger partial charge in [0.25, 0.3) is 0 Å². The summed E-state index contributed by atoms with van der Waals surface area (Å²) in [5.41, 5.74) is 5.06. The first-order valence-electron chi connectivity index (χ1n) is 7.88. The van der Waals surface area contributed by atoms with Crippen molar-refractivity contribution in [2.75, 3.05) is 0 Å². The van der Waals surface area contributed by atoms with Gasteiger partial charge in [-0.3, -0.25) is 9.97 Å². The Bertz CT molecular complexity index is 796. The maximum Gasteiger partial charge on any atom is 0.123 e. The van der Waals surface area contributed by atoms with E-state index in [0.29, 0.717) is 0 Å². The minimum atomic E-state index is 0.0883. The quantitative estimate of drug-likeness (QED) is 0.732. The van der Waals surface area contributed by atoms with E-state index >= 15 is 0 Å². The standard InChI is InChI=1S/C12H14O2.C8H6N2/c1-8(2)12-6-10-5-9(7-13)3-4-11(10)14-12;1-2-4-8-7(3-1)9-5-6-10-8/h3-5,12-13H,1,6-7H2,2H3;1-6H. The van der Waals surface area contributed by atoms with Crippen molar-refractivity contribution in [3.05, 3.63) is 78.1 Å². The summed E-state index contributed by atoms with van der Waals surface area (Å²) in [6.45, 7) is 5.95. The van der Waals surface area contributed by atoms with Crippen LogP contribution in [0.25, 0.3) is 11.0 Å². The minimum absolute atomic E-state index is 0.0883. The van der Waals surface area contributed by atoms with Crippen LogP contribution in [0.1, 0.15) is 18.1 Å². The summed E-state index contributed by atoms with van der Waals surface area (Å²) in [5, 5.41) is 8.99. The maximum absolute atomic E-state index is 8.99. The number of para-hydroxylation sites is 2. The van der Waals surface area contributed by atoms with E-state index in [4.69, 9.17) is 9.84 Å². The minimum Gasteiger partial charge on any atom is -0.485 e. The normalized spacial score (nSPS) is 15.2. The SMILES string of the molecule is C=C(C)C1Cc2cc(CO)ccc2O1.c1ccc2nccnc2c1. The smallest absolute Gasteiger partial charge is 0.123 e. The zero-order chi connectivity index (χ0) is 16.9. The summed E-state index contributed by atoms with van der Waals surface area (Å²) < 4.78 is 5.69. The molecule has 0 amide bonds. The molecule has 0 bridgehead atoms. The van der Waals surface area contributed by atoms with Crippen LogP contribution in [-0.2, 0) is 13.0 Å². The highest BCUT2D eigenvalue weighted by Crippen LogP contribution is 2.31. The third-order valence-corrected chi connectivity index (χ3v) is 3.91. The predicted molar refractivity (Wildman–Crippen MR) is 94.8 cm³/mol. The molecule has 0 radical (unpaired) electrons. The van der Waals surface area contributed by atoms with Crippen LogP contribution in [0.4, 0.5) is 0 Å². The van der Waals surface area contributed by atoms with Crippen molar-refractivity contribution in [3.63, 3.8) is 0 Å². The van der Waals surface area contributed by atoms with E-state index in [1.807, 2.05) is 49.4 Å². The number of hydrogen-bond donors (Lipinski definition) is 1. The summed E-state index contributed by atoms with van der Waals surface area (Å²) in [6.07, 6.45) is 4.38. The number of nitrogens with zero attached hydrogens (tertiary/aromatic N) is 2. The van der Waals surface area contributed by atoms with Crippen LogP contribution in [-0.4, -0.2) is 21.2 Å². The predicted octanol–water partition coefficient (Wildman–Crippen LogP) is 3.69. The van der Waals surface area contributed by atoms with Crippen molar-refractivity contribution in [2.24, 2.45) is 0 Å². The van der Waals surface area contributed by atoms with E-state index in [2.05, 4.69) is 16.5 Å². The molecule has 2 aromatic carbocycles. The van der Waals surface area contributed by atoms with Gasteiger partial charge in [-0.25, -0.2) is 0 Å². The fourth-order valence-corrected chi connectivity index (χ4v) is 2.58. The summed E-state index contributed by atoms with van der Waals surface area (Å²) in [5.74, 6) is 0.926. The lowest BCUT2D eigenvalue weighted by Gasteiger charge is -2.08. The Labute approximate surface area is 141 Å². The number of aliphatic hydroxyl groups is 1. The molecule has 1 atom stereocenters. The average molecular weight is 320 g/mol. The van der Waals surface area contributed by atoms with Crippen LogP contribution in [0.15, 0.2) is 67.0 Å². The molecule has 1 aromatic heterocycles. The van der Waals surface area contributed by atoms with Crippen LogP contribution in [0.2, 0.25) is 0 Å². The molecule has 24 heavy (non-hydrogen) atoms. The molecule has 0 fully saturated rings. The third-order valence-electron chi connectivity index (χ3n) is 3.91. The highest BCUT2D eigenvalue weighted by Gasteiger charge is 2.23. The van der Waals surface area contributed by atoms with Crippen LogP contribution in [0.5, 0.6) is 5.75 Å². The molecule has 1 N–H and O–H groups in total. The topological polar surface area (TPSA) is 55.2 Å². The molecule has 3 aromatic rings. The van der Waals surface area contributed by atoms with E-state index < -0.39 is 0 Å². The number of aliphatic hydroxyl groups excluding tert-OH is 1. The second-order valence-corrected chi connectivity index (χ2v) is 5.80. The Hall–Kier alpha value is -2.72. The Morgan fingerprint density at radius 2 is 1.83 bits per heavy atom. The van der Waals surface area contributed by atoms with Gasteiger partial charge in [-0.15, -0.1) is 0 Å². The van der Waals surface area contributed by atoms with Gasteiger partial charge < -0.3 is 9.84 Å². The van der Waals surface area contributed by atoms with Gasteiger partial charge in [0.2, 0.25) is 0 Å². The van der Waals surface area contributed by atoms with Gasteiger partial charge in [0.15, 0.2) is 0 Å². The first-order chi connectivity index (χ1) is 11.7. The Morgan fingerprint density at radius 1 is 1.17 bits per heavy atom. The van der Waals surface area contributed by atoms with E-state index in [9.17, 15) is 0 Å². The molecule has 1 unspecified atom stereocenters. The van der Waals surface area contributed by atoms with Crippen LogP contribution in [0.3, 0.4) is 0 Å². The second kappa shape index (κ2) is 7.23. The molecular weight excluding hydrogens is 300 g/mol. The first kappa shape index (κ1) is 16.1. The Balaban J connectivity index is 0.000000149. The van der Waals surface area contributed by atoms with Gasteiger partial charge in [0.05, 0.1) is 17.6 Å². The molecule has 4 heteroatoms. The molecule has 0 spiro atoms. The lowest BCUT2D eigenvalue weighted by Crippen LogP contribution is -2.13. The van der Waals surface area contributed by atoms with Crippen molar-refractivity contribution in [1.29, 1.82) is 0 Å². The van der Waals surface area contributed by atoms with E-state index in [1.54, 1.807) is 12.4 Å². The fourth-order valence-electron chi connectivity index (χ4n) is 2.58. The average Bonchev–Trinajstić information content (AvgIpc) is 3.06. The Kier molecular flexibility index (Phi) is 4.87. The van der Waals surface area contributed by atoms with Crippen molar-refractivity contribution in [3.8, 4) is 5.75 Å². The van der Waals surface area contributed by atoms with Gasteiger partial charge in [0, 0.05) is 18.8 Å². The maximum atomic E-state index is 8.99. The number of ether oxygens (including phenoxy) is 1. The van der Waals surface area contributed by atoms with Gasteiger partial charge in [-0.2, -0.15) is 0 Å². The zero-order valence-electron chi connectivity index (χ0n) is 13.6. The fraction of sp³-hybridized carbons (Fsp3) is 0.200. The zero-order valence-corrected chi connectivity index (χ0v) is 13.6. The molecule has 4 nitrogen and oxygen atoms in total. The molecule has 122 valence electrons. The summed E-state index contributed by atoms with van der Waals surface area (Å²) in [7, 11) is 0. The molecule has 2 heterocycles. The van der Waals surface area contributed by atoms with E-state index in [1.165, 1.54) is 5.56 Å². The third kappa shape index (κ3) is 3.60. The highest BCUT2D eigenvalue weighted by atomic mass is 16.5. The van der Waals surface area contributed by atoms with Crippen molar-refractivity contribution in [1.82, 2.24) is 9.97 Å². The van der Waals surface area contributed by atoms with Gasteiger partial charge >= 0.3 is 0 Å². The highest BCUT2D eigenvalue weighted by molar-refractivity contribution is 5.72. The summed E-state index contributed by atoms with van der Waals surface area (Å²) in [6, 6.07) is 13.6. The number of hydrogen-bond acceptors (Lipinski definition) is 4. The number of fused-ring (bicyclic) bond motifs is 2. The molecule has 0 aliphatic carbocycles.